The summed E-state index contributed by atoms with van der Waals surface area (Å²) in [5.74, 6) is -0.665. The Kier molecular flexibility index (Phi) is 8.30. The Morgan fingerprint density at radius 1 is 1.36 bits per heavy atom. The summed E-state index contributed by atoms with van der Waals surface area (Å²) >= 11 is 0. The number of hydrogen-bond donors (Lipinski definition) is 1. The number of ether oxygens (including phenoxy) is 2. The summed E-state index contributed by atoms with van der Waals surface area (Å²) < 4.78 is 37.0. The Morgan fingerprint density at radius 2 is 2.08 bits per heavy atom. The van der Waals surface area contributed by atoms with Crippen molar-refractivity contribution in [2.45, 2.75) is 30.7 Å². The number of rotatable bonds is 6. The van der Waals surface area contributed by atoms with Crippen LogP contribution in [0.15, 0.2) is 24.3 Å². The molecule has 2 unspecified atom stereocenters. The molecule has 1 fully saturated rings. The third-order valence-corrected chi connectivity index (χ3v) is 6.17. The van der Waals surface area contributed by atoms with Gasteiger partial charge in [-0.05, 0) is 30.5 Å². The molecule has 1 aromatic rings. The van der Waals surface area contributed by atoms with Crippen LogP contribution in [0.4, 0.5) is 0 Å². The number of benzene rings is 1. The van der Waals surface area contributed by atoms with Crippen LogP contribution in [0.25, 0.3) is 0 Å². The second kappa shape index (κ2) is 9.49. The molecule has 0 bridgehead atoms. The maximum absolute atomic E-state index is 12.8. The first-order valence-corrected chi connectivity index (χ1v) is 9.41. The largest absolute Gasteiger partial charge is 0.465 e. The number of nitrogens with zero attached hydrogens (tertiary/aromatic N) is 1. The van der Waals surface area contributed by atoms with Gasteiger partial charge in [-0.2, -0.15) is 4.31 Å². The Morgan fingerprint density at radius 3 is 2.68 bits per heavy atom. The summed E-state index contributed by atoms with van der Waals surface area (Å²) in [6.07, 6.45) is 1.27. The molecule has 142 valence electrons. The molecule has 1 aliphatic heterocycles. The second-order valence-corrected chi connectivity index (χ2v) is 7.75. The average Bonchev–Trinajstić information content (AvgIpc) is 2.60. The first-order chi connectivity index (χ1) is 11.4. The molecule has 1 heterocycles. The summed E-state index contributed by atoms with van der Waals surface area (Å²) in [4.78, 5) is 11.6. The number of piperidine rings is 1. The zero-order valence-corrected chi connectivity index (χ0v) is 16.0. The minimum Gasteiger partial charge on any atom is -0.465 e. The lowest BCUT2D eigenvalue weighted by Crippen LogP contribution is -2.51. The zero-order chi connectivity index (χ0) is 17.7. The van der Waals surface area contributed by atoms with Gasteiger partial charge in [0.05, 0.1) is 24.5 Å². The standard InChI is InChI=1S/C16H24N2O5S.ClH/c1-22-15-6-7-18(14(9-15)10-17)24(20,21)11-12-4-3-5-13(8-12)16(19)23-2;/h3-5,8,14-15H,6-7,9-11,17H2,1-2H3;1H. The van der Waals surface area contributed by atoms with E-state index in [0.717, 1.165) is 0 Å². The van der Waals surface area contributed by atoms with Gasteiger partial charge < -0.3 is 15.2 Å². The molecule has 25 heavy (non-hydrogen) atoms. The number of nitrogens with two attached hydrogens (primary N) is 1. The fourth-order valence-electron chi connectivity index (χ4n) is 2.99. The highest BCUT2D eigenvalue weighted by Crippen LogP contribution is 2.24. The first kappa shape index (κ1) is 21.9. The van der Waals surface area contributed by atoms with E-state index in [1.807, 2.05) is 0 Å². The maximum Gasteiger partial charge on any atom is 0.337 e. The molecular weight excluding hydrogens is 368 g/mol. The van der Waals surface area contributed by atoms with Crippen LogP contribution in [0.3, 0.4) is 0 Å². The quantitative estimate of drug-likeness (QED) is 0.729. The van der Waals surface area contributed by atoms with Gasteiger partial charge in [0.2, 0.25) is 10.0 Å². The number of carbonyl (C=O) groups excluding carboxylic acids is 1. The lowest BCUT2D eigenvalue weighted by molar-refractivity contribution is 0.0401. The summed E-state index contributed by atoms with van der Waals surface area (Å²) in [6.45, 7) is 0.640. The maximum atomic E-state index is 12.8. The molecule has 0 aromatic heterocycles. The van der Waals surface area contributed by atoms with Crippen molar-refractivity contribution in [1.82, 2.24) is 4.31 Å². The summed E-state index contributed by atoms with van der Waals surface area (Å²) in [7, 11) is -0.618. The number of halogens is 1. The Balaban J connectivity index is 0.00000312. The molecule has 0 spiro atoms. The van der Waals surface area contributed by atoms with Crippen molar-refractivity contribution in [3.05, 3.63) is 35.4 Å². The molecule has 0 saturated carbocycles. The highest BCUT2D eigenvalue weighted by atomic mass is 35.5. The molecule has 9 heteroatoms. The predicted molar refractivity (Wildman–Crippen MR) is 97.2 cm³/mol. The fraction of sp³-hybridized carbons (Fsp3) is 0.562. The van der Waals surface area contributed by atoms with Crippen LogP contribution in [0.2, 0.25) is 0 Å². The van der Waals surface area contributed by atoms with E-state index in [4.69, 9.17) is 10.5 Å². The smallest absolute Gasteiger partial charge is 0.337 e. The van der Waals surface area contributed by atoms with Crippen LogP contribution < -0.4 is 5.73 Å². The summed E-state index contributed by atoms with van der Waals surface area (Å²) in [6, 6.07) is 6.20. The van der Waals surface area contributed by atoms with E-state index in [9.17, 15) is 13.2 Å². The molecule has 2 rings (SSSR count). The van der Waals surface area contributed by atoms with E-state index in [1.54, 1.807) is 31.4 Å². The first-order valence-electron chi connectivity index (χ1n) is 7.81. The normalized spacial score (nSPS) is 21.4. The van der Waals surface area contributed by atoms with Crippen molar-refractivity contribution in [2.24, 2.45) is 5.73 Å². The Labute approximate surface area is 154 Å². The van der Waals surface area contributed by atoms with E-state index in [2.05, 4.69) is 4.74 Å². The fourth-order valence-corrected chi connectivity index (χ4v) is 4.76. The second-order valence-electron chi connectivity index (χ2n) is 5.83. The molecule has 7 nitrogen and oxygen atoms in total. The number of hydrogen-bond acceptors (Lipinski definition) is 6. The molecule has 2 N–H and O–H groups in total. The van der Waals surface area contributed by atoms with Crippen molar-refractivity contribution >= 4 is 28.4 Å². The van der Waals surface area contributed by atoms with E-state index >= 15 is 0 Å². The van der Waals surface area contributed by atoms with E-state index in [-0.39, 0.29) is 36.9 Å². The van der Waals surface area contributed by atoms with Gasteiger partial charge in [0.25, 0.3) is 0 Å². The zero-order valence-electron chi connectivity index (χ0n) is 14.4. The van der Waals surface area contributed by atoms with Crippen LogP contribution in [0, 0.1) is 0 Å². The highest BCUT2D eigenvalue weighted by Gasteiger charge is 2.35. The van der Waals surface area contributed by atoms with Gasteiger partial charge in [-0.25, -0.2) is 13.2 Å². The van der Waals surface area contributed by atoms with Crippen molar-refractivity contribution < 1.29 is 22.7 Å². The van der Waals surface area contributed by atoms with Crippen LogP contribution in [-0.4, -0.2) is 58.1 Å². The van der Waals surface area contributed by atoms with Crippen LogP contribution in [0.5, 0.6) is 0 Å². The van der Waals surface area contributed by atoms with Gasteiger partial charge in [0.15, 0.2) is 0 Å². The average molecular weight is 393 g/mol. The number of esters is 1. The van der Waals surface area contributed by atoms with Crippen molar-refractivity contribution in [2.75, 3.05) is 27.3 Å². The third kappa shape index (κ3) is 5.39. The predicted octanol–water partition coefficient (Wildman–Crippen LogP) is 1.16. The number of methoxy groups -OCH3 is 2. The molecular formula is C16H25ClN2O5S. The van der Waals surface area contributed by atoms with E-state index in [1.165, 1.54) is 11.4 Å². The van der Waals surface area contributed by atoms with Gasteiger partial charge in [-0.15, -0.1) is 12.4 Å². The number of carbonyl (C=O) groups is 1. The molecule has 0 amide bonds. The van der Waals surface area contributed by atoms with Gasteiger partial charge in [-0.1, -0.05) is 12.1 Å². The molecule has 0 aliphatic carbocycles. The minimum absolute atomic E-state index is 0. The van der Waals surface area contributed by atoms with Gasteiger partial charge >= 0.3 is 5.97 Å². The van der Waals surface area contributed by atoms with Crippen LogP contribution in [-0.2, 0) is 25.2 Å². The number of sulfonamides is 1. The van der Waals surface area contributed by atoms with Crippen molar-refractivity contribution in [3.63, 3.8) is 0 Å². The van der Waals surface area contributed by atoms with Crippen LogP contribution in [0.1, 0.15) is 28.8 Å². The molecule has 1 saturated heterocycles. The van der Waals surface area contributed by atoms with Gasteiger partial charge in [0, 0.05) is 26.2 Å². The highest BCUT2D eigenvalue weighted by molar-refractivity contribution is 7.88. The molecule has 2 atom stereocenters. The van der Waals surface area contributed by atoms with Crippen molar-refractivity contribution in [1.29, 1.82) is 0 Å². The van der Waals surface area contributed by atoms with E-state index < -0.39 is 16.0 Å². The van der Waals surface area contributed by atoms with E-state index in [0.29, 0.717) is 30.5 Å². The topological polar surface area (TPSA) is 98.9 Å². The lowest BCUT2D eigenvalue weighted by Gasteiger charge is -2.37. The molecule has 0 radical (unpaired) electrons. The Bertz CT molecular complexity index is 683. The third-order valence-electron chi connectivity index (χ3n) is 4.27. The van der Waals surface area contributed by atoms with Gasteiger partial charge in [0.1, 0.15) is 0 Å². The summed E-state index contributed by atoms with van der Waals surface area (Å²) in [5.41, 5.74) is 6.64. The monoisotopic (exact) mass is 392 g/mol. The van der Waals surface area contributed by atoms with Gasteiger partial charge in [-0.3, -0.25) is 0 Å². The molecule has 1 aromatic carbocycles. The molecule has 1 aliphatic rings. The van der Waals surface area contributed by atoms with Crippen molar-refractivity contribution in [3.8, 4) is 0 Å². The summed E-state index contributed by atoms with van der Waals surface area (Å²) in [5, 5.41) is 0. The SMILES string of the molecule is COC(=O)c1cccc(CS(=O)(=O)N2CCC(OC)CC2CN)c1.Cl. The van der Waals surface area contributed by atoms with Crippen LogP contribution >= 0.6 is 12.4 Å². The lowest BCUT2D eigenvalue weighted by atomic mass is 10.0. The Hall–Kier alpha value is -1.19. The minimum atomic E-state index is -3.53.